The average Bonchev–Trinajstić information content (AvgIpc) is 2.96. The van der Waals surface area contributed by atoms with Crippen molar-refractivity contribution in [2.75, 3.05) is 5.32 Å². The molecule has 1 aliphatic heterocycles. The normalized spacial score (nSPS) is 23.7. The van der Waals surface area contributed by atoms with Gasteiger partial charge in [0.05, 0.1) is 10.6 Å². The van der Waals surface area contributed by atoms with Gasteiger partial charge >= 0.3 is 0 Å². The summed E-state index contributed by atoms with van der Waals surface area (Å²) in [5, 5.41) is 2.69. The van der Waals surface area contributed by atoms with Crippen LogP contribution in [0, 0.1) is 6.92 Å². The first kappa shape index (κ1) is 9.84. The quantitative estimate of drug-likeness (QED) is 0.738. The van der Waals surface area contributed by atoms with Crippen molar-refractivity contribution >= 4 is 21.4 Å². The number of amides is 1. The fraction of sp³-hybridized carbons (Fsp3) is 0.364. The predicted octanol–water partition coefficient (Wildman–Crippen LogP) is 1.25. The summed E-state index contributed by atoms with van der Waals surface area (Å²) < 4.78 is 23.3. The molecule has 16 heavy (non-hydrogen) atoms. The van der Waals surface area contributed by atoms with Crippen LogP contribution >= 0.6 is 0 Å². The maximum Gasteiger partial charge on any atom is 0.246 e. The Kier molecular flexibility index (Phi) is 1.63. The summed E-state index contributed by atoms with van der Waals surface area (Å²) in [5.41, 5.74) is 1.35. The first-order valence-corrected chi connectivity index (χ1v) is 6.62. The Balaban J connectivity index is 2.30. The van der Waals surface area contributed by atoms with Crippen molar-refractivity contribution < 1.29 is 13.2 Å². The molecule has 2 aliphatic rings. The van der Waals surface area contributed by atoms with E-state index in [9.17, 15) is 13.2 Å². The molecule has 0 atom stereocenters. The Hall–Kier alpha value is -1.36. The number of hydrogen-bond donors (Lipinski definition) is 1. The van der Waals surface area contributed by atoms with Gasteiger partial charge in [-0.1, -0.05) is 6.07 Å². The summed E-state index contributed by atoms with van der Waals surface area (Å²) in [4.78, 5) is 12.0. The van der Waals surface area contributed by atoms with Crippen LogP contribution in [0.25, 0.3) is 0 Å². The number of carbonyl (C=O) groups excluding carboxylic acids is 1. The molecule has 1 aromatic carbocycles. The van der Waals surface area contributed by atoms with E-state index in [4.69, 9.17) is 0 Å². The predicted molar refractivity (Wildman–Crippen MR) is 59.0 cm³/mol. The molecule has 1 saturated carbocycles. The summed E-state index contributed by atoms with van der Waals surface area (Å²) >= 11 is 0. The van der Waals surface area contributed by atoms with Gasteiger partial charge in [-0.25, -0.2) is 8.42 Å². The molecule has 1 spiro atoms. The van der Waals surface area contributed by atoms with Crippen molar-refractivity contribution in [3.8, 4) is 0 Å². The Morgan fingerprint density at radius 2 is 2.00 bits per heavy atom. The van der Waals surface area contributed by atoms with Crippen LogP contribution in [0.1, 0.15) is 18.4 Å². The molecule has 1 fully saturated rings. The maximum absolute atomic E-state index is 12.2. The zero-order valence-electron chi connectivity index (χ0n) is 8.78. The van der Waals surface area contributed by atoms with Gasteiger partial charge in [-0.05, 0) is 37.5 Å². The van der Waals surface area contributed by atoms with E-state index in [1.165, 1.54) is 0 Å². The van der Waals surface area contributed by atoms with Crippen LogP contribution in [-0.2, 0) is 14.6 Å². The highest BCUT2D eigenvalue weighted by Crippen LogP contribution is 2.51. The molecule has 0 aromatic heterocycles. The largest absolute Gasteiger partial charge is 0.324 e. The molecule has 1 aromatic rings. The maximum atomic E-state index is 12.2. The fourth-order valence-corrected chi connectivity index (χ4v) is 4.16. The van der Waals surface area contributed by atoms with E-state index in [2.05, 4.69) is 5.32 Å². The SMILES string of the molecule is Cc1ccc2c(c1)NC(=O)C1(CC1)S2(=O)=O. The van der Waals surface area contributed by atoms with E-state index in [1.54, 1.807) is 18.2 Å². The minimum Gasteiger partial charge on any atom is -0.324 e. The van der Waals surface area contributed by atoms with E-state index in [0.29, 0.717) is 18.5 Å². The van der Waals surface area contributed by atoms with Crippen LogP contribution in [0.4, 0.5) is 5.69 Å². The highest BCUT2D eigenvalue weighted by molar-refractivity contribution is 7.94. The third kappa shape index (κ3) is 0.988. The first-order chi connectivity index (χ1) is 7.47. The van der Waals surface area contributed by atoms with Crippen LogP contribution in [0.5, 0.6) is 0 Å². The highest BCUT2D eigenvalue weighted by atomic mass is 32.2. The highest BCUT2D eigenvalue weighted by Gasteiger charge is 2.63. The minimum atomic E-state index is -3.49. The molecule has 84 valence electrons. The molecule has 5 heteroatoms. The van der Waals surface area contributed by atoms with Crippen molar-refractivity contribution in [2.24, 2.45) is 0 Å². The molecule has 0 saturated heterocycles. The number of fused-ring (bicyclic) bond motifs is 1. The average molecular weight is 237 g/mol. The van der Waals surface area contributed by atoms with E-state index >= 15 is 0 Å². The van der Waals surface area contributed by atoms with Crippen LogP contribution in [0.15, 0.2) is 23.1 Å². The van der Waals surface area contributed by atoms with E-state index < -0.39 is 14.6 Å². The Morgan fingerprint density at radius 3 is 2.62 bits per heavy atom. The summed E-state index contributed by atoms with van der Waals surface area (Å²) in [6, 6.07) is 5.03. The van der Waals surface area contributed by atoms with Crippen LogP contribution in [0.3, 0.4) is 0 Å². The first-order valence-electron chi connectivity index (χ1n) is 5.14. The van der Waals surface area contributed by atoms with Gasteiger partial charge in [0.2, 0.25) is 5.91 Å². The lowest BCUT2D eigenvalue weighted by Crippen LogP contribution is -2.41. The summed E-state index contributed by atoms with van der Waals surface area (Å²) in [6.45, 7) is 1.86. The molecular weight excluding hydrogens is 226 g/mol. The van der Waals surface area contributed by atoms with Crippen molar-refractivity contribution in [2.45, 2.75) is 29.4 Å². The minimum absolute atomic E-state index is 0.259. The van der Waals surface area contributed by atoms with E-state index in [-0.39, 0.29) is 10.8 Å². The molecule has 1 heterocycles. The second-order valence-electron chi connectivity index (χ2n) is 4.45. The zero-order valence-corrected chi connectivity index (χ0v) is 9.60. The summed E-state index contributed by atoms with van der Waals surface area (Å²) in [7, 11) is -3.49. The molecular formula is C11H11NO3S. The number of nitrogens with one attached hydrogen (secondary N) is 1. The zero-order chi connectivity index (χ0) is 11.6. The second kappa shape index (κ2) is 2.66. The van der Waals surface area contributed by atoms with Crippen molar-refractivity contribution in [3.05, 3.63) is 23.8 Å². The van der Waals surface area contributed by atoms with Gasteiger partial charge in [0.1, 0.15) is 0 Å². The molecule has 1 amide bonds. The fourth-order valence-electron chi connectivity index (χ4n) is 2.15. The van der Waals surface area contributed by atoms with Gasteiger partial charge in [-0.3, -0.25) is 4.79 Å². The number of rotatable bonds is 0. The van der Waals surface area contributed by atoms with Gasteiger partial charge in [0.25, 0.3) is 0 Å². The van der Waals surface area contributed by atoms with Gasteiger partial charge in [0, 0.05) is 0 Å². The topological polar surface area (TPSA) is 63.2 Å². The lowest BCUT2D eigenvalue weighted by atomic mass is 10.2. The monoisotopic (exact) mass is 237 g/mol. The van der Waals surface area contributed by atoms with Gasteiger partial charge in [0.15, 0.2) is 14.6 Å². The van der Waals surface area contributed by atoms with Gasteiger partial charge in [-0.2, -0.15) is 0 Å². The molecule has 0 bridgehead atoms. The Labute approximate surface area is 93.6 Å². The number of sulfone groups is 1. The van der Waals surface area contributed by atoms with Crippen molar-refractivity contribution in [1.82, 2.24) is 0 Å². The third-order valence-corrected chi connectivity index (χ3v) is 5.86. The Bertz CT molecular complexity index is 600. The van der Waals surface area contributed by atoms with Crippen molar-refractivity contribution in [1.29, 1.82) is 0 Å². The second-order valence-corrected chi connectivity index (χ2v) is 6.68. The summed E-state index contributed by atoms with van der Waals surface area (Å²) in [6.07, 6.45) is 0.878. The molecule has 1 aliphatic carbocycles. The third-order valence-electron chi connectivity index (χ3n) is 3.31. The van der Waals surface area contributed by atoms with Crippen molar-refractivity contribution in [3.63, 3.8) is 0 Å². The molecule has 0 unspecified atom stereocenters. The van der Waals surface area contributed by atoms with E-state index in [1.807, 2.05) is 6.92 Å². The smallest absolute Gasteiger partial charge is 0.246 e. The number of anilines is 1. The molecule has 4 nitrogen and oxygen atoms in total. The number of aryl methyl sites for hydroxylation is 1. The molecule has 3 rings (SSSR count). The number of carbonyl (C=O) groups is 1. The number of hydrogen-bond acceptors (Lipinski definition) is 3. The van der Waals surface area contributed by atoms with Crippen LogP contribution < -0.4 is 5.32 Å². The Morgan fingerprint density at radius 1 is 1.31 bits per heavy atom. The van der Waals surface area contributed by atoms with Gasteiger partial charge in [-0.15, -0.1) is 0 Å². The van der Waals surface area contributed by atoms with Crippen LogP contribution in [0.2, 0.25) is 0 Å². The standard InChI is InChI=1S/C11H11NO3S/c1-7-2-3-9-8(6-7)12-10(13)11(4-5-11)16(9,14)15/h2-3,6H,4-5H2,1H3,(H,12,13). The number of benzene rings is 1. The van der Waals surface area contributed by atoms with Crippen LogP contribution in [-0.4, -0.2) is 19.1 Å². The van der Waals surface area contributed by atoms with Gasteiger partial charge < -0.3 is 5.32 Å². The summed E-state index contributed by atoms with van der Waals surface area (Å²) in [5.74, 6) is -0.370. The molecule has 0 radical (unpaired) electrons. The molecule has 1 N–H and O–H groups in total. The van der Waals surface area contributed by atoms with E-state index in [0.717, 1.165) is 5.56 Å². The lowest BCUT2D eigenvalue weighted by Gasteiger charge is -2.24. The lowest BCUT2D eigenvalue weighted by molar-refractivity contribution is -0.116.